The maximum atomic E-state index is 4.19. The minimum absolute atomic E-state index is 0.593. The number of nitrogens with one attached hydrogen (secondary N) is 1. The van der Waals surface area contributed by atoms with Crippen LogP contribution in [0.25, 0.3) is 0 Å². The average molecular weight is 236 g/mol. The number of thiol groups is 2. The van der Waals surface area contributed by atoms with E-state index in [-0.39, 0.29) is 0 Å². The Kier molecular flexibility index (Phi) is 3.08. The van der Waals surface area contributed by atoms with Crippen LogP contribution in [0.4, 0.5) is 11.4 Å². The summed E-state index contributed by atoms with van der Waals surface area (Å²) in [5.74, 6) is 0. The normalized spacial score (nSPS) is 10.5. The maximum Gasteiger partial charge on any atom is 0.119 e. The van der Waals surface area contributed by atoms with Gasteiger partial charge in [0.25, 0.3) is 0 Å². The summed E-state index contributed by atoms with van der Waals surface area (Å²) in [6.07, 6.45) is 1.54. The lowest BCUT2D eigenvalue weighted by Crippen LogP contribution is -1.82. The monoisotopic (exact) mass is 236 g/mol. The molecule has 76 valence electrons. The van der Waals surface area contributed by atoms with Crippen molar-refractivity contribution in [3.05, 3.63) is 30.5 Å². The second kappa shape index (κ2) is 4.50. The summed E-state index contributed by atoms with van der Waals surface area (Å²) in [5.41, 5.74) is 2.41. The molecule has 4 nitrogen and oxygen atoms in total. The summed E-state index contributed by atoms with van der Waals surface area (Å²) < 4.78 is 0. The number of nitrogens with zero attached hydrogens (tertiary/aromatic N) is 3. The van der Waals surface area contributed by atoms with E-state index < -0.39 is 0 Å². The van der Waals surface area contributed by atoms with Gasteiger partial charge in [-0.25, -0.2) is 0 Å². The van der Waals surface area contributed by atoms with Crippen molar-refractivity contribution in [3.63, 3.8) is 0 Å². The number of rotatable bonds is 0. The summed E-state index contributed by atoms with van der Waals surface area (Å²) in [5, 5.41) is 13.9. The molecule has 0 amide bonds. The summed E-state index contributed by atoms with van der Waals surface area (Å²) in [4.78, 5) is 1.04. The number of aromatic nitrogens is 3. The molecule has 0 saturated heterocycles. The largest absolute Gasteiger partial charge is 0.351 e. The smallest absolute Gasteiger partial charge is 0.119 e. The third-order valence-corrected chi connectivity index (χ3v) is 2.34. The standard InChI is InChI=1S/C6H5NS.C3H3N3S/c8-5-3-1-2-4-6(5)7-4;7-3-1-2-4-6-5-3/h1-3,7-8H;1-2H,(H,4,5,7). The highest BCUT2D eigenvalue weighted by molar-refractivity contribution is 7.80. The van der Waals surface area contributed by atoms with Gasteiger partial charge in [0, 0.05) is 4.90 Å². The predicted molar refractivity (Wildman–Crippen MR) is 64.1 cm³/mol. The molecule has 1 aromatic carbocycles. The lowest BCUT2D eigenvalue weighted by atomic mass is 10.4. The van der Waals surface area contributed by atoms with E-state index in [0.717, 1.165) is 4.90 Å². The van der Waals surface area contributed by atoms with Gasteiger partial charge in [0.1, 0.15) is 5.03 Å². The first-order valence-corrected chi connectivity index (χ1v) is 5.09. The first-order chi connectivity index (χ1) is 7.27. The molecule has 1 N–H and O–H groups in total. The molecule has 0 spiro atoms. The van der Waals surface area contributed by atoms with Gasteiger partial charge in [-0.2, -0.15) is 0 Å². The number of hydrogen-bond donors (Lipinski definition) is 3. The van der Waals surface area contributed by atoms with Gasteiger partial charge in [-0.05, 0) is 23.4 Å². The zero-order chi connectivity index (χ0) is 10.7. The van der Waals surface area contributed by atoms with Crippen LogP contribution in [0.2, 0.25) is 0 Å². The number of anilines is 2. The molecule has 0 unspecified atom stereocenters. The van der Waals surface area contributed by atoms with Crippen LogP contribution in [0.5, 0.6) is 0 Å². The summed E-state index contributed by atoms with van der Waals surface area (Å²) >= 11 is 8.06. The van der Waals surface area contributed by atoms with Crippen molar-refractivity contribution in [1.82, 2.24) is 15.4 Å². The second-order valence-corrected chi connectivity index (χ2v) is 3.74. The molecular weight excluding hydrogens is 228 g/mol. The van der Waals surface area contributed by atoms with Crippen LogP contribution in [-0.2, 0) is 0 Å². The van der Waals surface area contributed by atoms with Gasteiger partial charge in [-0.3, -0.25) is 0 Å². The molecule has 0 bridgehead atoms. The molecule has 0 radical (unpaired) electrons. The van der Waals surface area contributed by atoms with E-state index in [9.17, 15) is 0 Å². The highest BCUT2D eigenvalue weighted by Crippen LogP contribution is 2.42. The third kappa shape index (κ3) is 2.84. The summed E-state index contributed by atoms with van der Waals surface area (Å²) in [6.45, 7) is 0. The zero-order valence-corrected chi connectivity index (χ0v) is 9.41. The highest BCUT2D eigenvalue weighted by atomic mass is 32.1. The highest BCUT2D eigenvalue weighted by Gasteiger charge is 2.16. The van der Waals surface area contributed by atoms with Crippen LogP contribution >= 0.6 is 25.3 Å². The van der Waals surface area contributed by atoms with Gasteiger partial charge in [-0.1, -0.05) is 6.07 Å². The Balaban J connectivity index is 0.000000115. The van der Waals surface area contributed by atoms with Crippen LogP contribution in [0.15, 0.2) is 40.4 Å². The Bertz CT molecular complexity index is 461. The van der Waals surface area contributed by atoms with Crippen LogP contribution < -0.4 is 5.32 Å². The SMILES string of the molecule is Sc1cccc2c1N2.Sc1ccnnn1. The van der Waals surface area contributed by atoms with Gasteiger partial charge in [-0.15, -0.1) is 35.5 Å². The zero-order valence-electron chi connectivity index (χ0n) is 7.62. The molecule has 0 aliphatic carbocycles. The fourth-order valence-electron chi connectivity index (χ4n) is 0.984. The van der Waals surface area contributed by atoms with Crippen molar-refractivity contribution in [2.45, 2.75) is 9.92 Å². The number of hydrogen-bond acceptors (Lipinski definition) is 6. The molecule has 6 heteroatoms. The van der Waals surface area contributed by atoms with Gasteiger partial charge in [0.15, 0.2) is 0 Å². The Labute approximate surface area is 97.9 Å². The second-order valence-electron chi connectivity index (χ2n) is 2.80. The molecule has 15 heavy (non-hydrogen) atoms. The van der Waals surface area contributed by atoms with Crippen molar-refractivity contribution in [3.8, 4) is 0 Å². The number of para-hydroxylation sites is 1. The molecule has 2 aromatic rings. The molecule has 0 atom stereocenters. The topological polar surface area (TPSA) is 60.6 Å². The predicted octanol–water partition coefficient (Wildman–Crippen LogP) is 2.19. The fourth-order valence-corrected chi connectivity index (χ4v) is 1.35. The average Bonchev–Trinajstić information content (AvgIpc) is 3.00. The molecular formula is C9H8N4S2. The molecule has 1 aliphatic rings. The Morgan fingerprint density at radius 1 is 1.13 bits per heavy atom. The number of fused-ring (bicyclic) bond motifs is 1. The summed E-state index contributed by atoms with van der Waals surface area (Å²) in [7, 11) is 0. The van der Waals surface area contributed by atoms with Gasteiger partial charge in [0.05, 0.1) is 17.6 Å². The first-order valence-electron chi connectivity index (χ1n) is 4.20. The van der Waals surface area contributed by atoms with E-state index in [1.807, 2.05) is 18.2 Å². The van der Waals surface area contributed by atoms with Crippen molar-refractivity contribution in [2.24, 2.45) is 0 Å². The molecule has 2 heterocycles. The van der Waals surface area contributed by atoms with Gasteiger partial charge < -0.3 is 5.32 Å². The maximum absolute atomic E-state index is 4.19. The Morgan fingerprint density at radius 3 is 2.47 bits per heavy atom. The van der Waals surface area contributed by atoms with E-state index in [1.54, 1.807) is 6.07 Å². The third-order valence-electron chi connectivity index (χ3n) is 1.73. The first kappa shape index (κ1) is 10.3. The quantitative estimate of drug-likeness (QED) is 0.413. The van der Waals surface area contributed by atoms with Gasteiger partial charge >= 0.3 is 0 Å². The van der Waals surface area contributed by atoms with E-state index in [0.29, 0.717) is 5.03 Å². The lowest BCUT2D eigenvalue weighted by molar-refractivity contribution is 0.806. The van der Waals surface area contributed by atoms with Crippen LogP contribution in [0.3, 0.4) is 0 Å². The van der Waals surface area contributed by atoms with Crippen LogP contribution in [-0.4, -0.2) is 15.4 Å². The fraction of sp³-hybridized carbons (Fsp3) is 0. The Morgan fingerprint density at radius 2 is 2.00 bits per heavy atom. The van der Waals surface area contributed by atoms with Gasteiger partial charge in [0.2, 0.25) is 0 Å². The number of benzene rings is 1. The van der Waals surface area contributed by atoms with Crippen molar-refractivity contribution < 1.29 is 0 Å². The molecule has 1 aliphatic heterocycles. The van der Waals surface area contributed by atoms with Crippen molar-refractivity contribution in [1.29, 1.82) is 0 Å². The molecule has 3 rings (SSSR count). The summed E-state index contributed by atoms with van der Waals surface area (Å²) in [6, 6.07) is 7.66. The van der Waals surface area contributed by atoms with Crippen LogP contribution in [0, 0.1) is 0 Å². The van der Waals surface area contributed by atoms with E-state index >= 15 is 0 Å². The molecule has 0 saturated carbocycles. The molecule has 0 fully saturated rings. The molecule has 1 aromatic heterocycles. The van der Waals surface area contributed by atoms with E-state index in [4.69, 9.17) is 0 Å². The van der Waals surface area contributed by atoms with Crippen molar-refractivity contribution in [2.75, 3.05) is 5.32 Å². The van der Waals surface area contributed by atoms with E-state index in [2.05, 4.69) is 46.0 Å². The minimum Gasteiger partial charge on any atom is -0.351 e. The minimum atomic E-state index is 0.593. The Hall–Kier alpha value is -1.27. The van der Waals surface area contributed by atoms with Crippen LogP contribution in [0.1, 0.15) is 0 Å². The van der Waals surface area contributed by atoms with E-state index in [1.165, 1.54) is 17.6 Å². The van der Waals surface area contributed by atoms with Crippen molar-refractivity contribution >= 4 is 36.6 Å². The lowest BCUT2D eigenvalue weighted by Gasteiger charge is -1.78.